The van der Waals surface area contributed by atoms with Crippen molar-refractivity contribution in [2.45, 2.75) is 0 Å². The van der Waals surface area contributed by atoms with Crippen LogP contribution in [0.5, 0.6) is 40.2 Å². The van der Waals surface area contributed by atoms with Gasteiger partial charge in [-0.25, -0.2) is 0 Å². The lowest BCUT2D eigenvalue weighted by molar-refractivity contribution is -0.104. The molecule has 0 spiro atoms. The standard InChI is InChI=1S/C9H8O2.C8H8O4.C7H6O4/c10-7-1-2-8-3-5-9(11)6-4-8;1-12-7-3-5(4-9)2-6(10)8(7)11;8-3-4-1-5(9)7(11)6(10)2-4/h1-7,11H;2-4,10-11H,1H3;1-3,9-11H/b2-1+;;. The molecule has 0 saturated carbocycles. The van der Waals surface area contributed by atoms with Gasteiger partial charge in [0.15, 0.2) is 28.7 Å². The first-order valence-electron chi connectivity index (χ1n) is 9.32. The zero-order chi connectivity index (χ0) is 25.7. The Morgan fingerprint density at radius 1 is 0.647 bits per heavy atom. The number of allylic oxidation sites excluding steroid dienone is 1. The zero-order valence-electron chi connectivity index (χ0n) is 17.8. The van der Waals surface area contributed by atoms with Crippen LogP contribution in [0.25, 0.3) is 6.08 Å². The molecule has 10 nitrogen and oxygen atoms in total. The summed E-state index contributed by atoms with van der Waals surface area (Å²) in [6.07, 6.45) is 4.81. The highest BCUT2D eigenvalue weighted by molar-refractivity contribution is 5.78. The first-order valence-corrected chi connectivity index (χ1v) is 9.32. The van der Waals surface area contributed by atoms with Gasteiger partial charge in [0, 0.05) is 11.1 Å². The number of phenolic OH excluding ortho intramolecular Hbond substituents is 6. The van der Waals surface area contributed by atoms with E-state index in [2.05, 4.69) is 0 Å². The Kier molecular flexibility index (Phi) is 10.7. The molecule has 0 bridgehead atoms. The van der Waals surface area contributed by atoms with E-state index in [0.29, 0.717) is 18.9 Å². The smallest absolute Gasteiger partial charge is 0.200 e. The molecule has 34 heavy (non-hydrogen) atoms. The quantitative estimate of drug-likeness (QED) is 0.184. The maximum absolute atomic E-state index is 10.3. The van der Waals surface area contributed by atoms with Gasteiger partial charge in [0.1, 0.15) is 24.6 Å². The van der Waals surface area contributed by atoms with Crippen molar-refractivity contribution in [3.05, 3.63) is 71.3 Å². The number of methoxy groups -OCH3 is 1. The molecule has 3 rings (SSSR count). The summed E-state index contributed by atoms with van der Waals surface area (Å²) in [5.74, 6) is -2.04. The molecular weight excluding hydrogens is 448 g/mol. The highest BCUT2D eigenvalue weighted by Crippen LogP contribution is 2.36. The highest BCUT2D eigenvalue weighted by atomic mass is 16.5. The van der Waals surface area contributed by atoms with E-state index < -0.39 is 17.2 Å². The third-order valence-electron chi connectivity index (χ3n) is 3.92. The summed E-state index contributed by atoms with van der Waals surface area (Å²) < 4.78 is 4.70. The molecule has 0 amide bonds. The van der Waals surface area contributed by atoms with Crippen molar-refractivity contribution >= 4 is 24.9 Å². The predicted molar refractivity (Wildman–Crippen MR) is 122 cm³/mol. The Morgan fingerprint density at radius 3 is 1.56 bits per heavy atom. The number of rotatable bonds is 5. The molecule has 0 unspecified atom stereocenters. The topological polar surface area (TPSA) is 182 Å². The monoisotopic (exact) mass is 470 g/mol. The van der Waals surface area contributed by atoms with Crippen LogP contribution in [-0.2, 0) is 4.79 Å². The van der Waals surface area contributed by atoms with Crippen LogP contribution >= 0.6 is 0 Å². The van der Waals surface area contributed by atoms with E-state index >= 15 is 0 Å². The Bertz CT molecular complexity index is 1130. The lowest BCUT2D eigenvalue weighted by atomic mass is 10.2. The molecule has 0 saturated heterocycles. The number of ether oxygens (including phenoxy) is 1. The normalized spacial score (nSPS) is 9.68. The van der Waals surface area contributed by atoms with Crippen molar-refractivity contribution in [2.75, 3.05) is 7.11 Å². The number of hydrogen-bond acceptors (Lipinski definition) is 10. The molecular formula is C24H22O10. The van der Waals surface area contributed by atoms with Crippen LogP contribution in [0.4, 0.5) is 0 Å². The summed E-state index contributed by atoms with van der Waals surface area (Å²) >= 11 is 0. The van der Waals surface area contributed by atoms with E-state index in [0.717, 1.165) is 23.8 Å². The van der Waals surface area contributed by atoms with Gasteiger partial charge in [-0.05, 0) is 48.0 Å². The van der Waals surface area contributed by atoms with Crippen LogP contribution in [0.1, 0.15) is 26.3 Å². The second-order valence-corrected chi connectivity index (χ2v) is 6.32. The van der Waals surface area contributed by atoms with Crippen molar-refractivity contribution < 1.29 is 49.8 Å². The molecule has 3 aromatic rings. The van der Waals surface area contributed by atoms with Gasteiger partial charge in [-0.2, -0.15) is 0 Å². The van der Waals surface area contributed by atoms with Crippen LogP contribution in [-0.4, -0.2) is 56.6 Å². The van der Waals surface area contributed by atoms with E-state index in [9.17, 15) is 14.4 Å². The molecule has 3 aromatic carbocycles. The number of carbonyl (C=O) groups excluding carboxylic acids is 3. The fraction of sp³-hybridized carbons (Fsp3) is 0.0417. The molecule has 0 aliphatic heterocycles. The molecule has 6 N–H and O–H groups in total. The second kappa shape index (κ2) is 13.4. The summed E-state index contributed by atoms with van der Waals surface area (Å²) in [4.78, 5) is 30.3. The number of hydrogen-bond donors (Lipinski definition) is 6. The first-order chi connectivity index (χ1) is 16.2. The maximum Gasteiger partial charge on any atom is 0.200 e. The third-order valence-corrected chi connectivity index (χ3v) is 3.92. The molecule has 0 radical (unpaired) electrons. The fourth-order valence-electron chi connectivity index (χ4n) is 2.27. The van der Waals surface area contributed by atoms with Crippen LogP contribution in [0.3, 0.4) is 0 Å². The number of aromatic hydroxyl groups is 6. The van der Waals surface area contributed by atoms with Gasteiger partial charge in [-0.3, -0.25) is 14.4 Å². The second-order valence-electron chi connectivity index (χ2n) is 6.32. The number of benzene rings is 3. The van der Waals surface area contributed by atoms with E-state index in [1.54, 1.807) is 30.3 Å². The van der Waals surface area contributed by atoms with E-state index in [4.69, 9.17) is 35.4 Å². The van der Waals surface area contributed by atoms with Crippen LogP contribution in [0.2, 0.25) is 0 Å². The average molecular weight is 470 g/mol. The summed E-state index contributed by atoms with van der Waals surface area (Å²) in [5.41, 5.74) is 1.26. The largest absolute Gasteiger partial charge is 0.508 e. The lowest BCUT2D eigenvalue weighted by Gasteiger charge is -2.04. The van der Waals surface area contributed by atoms with Gasteiger partial charge in [-0.1, -0.05) is 18.2 Å². The molecule has 0 atom stereocenters. The van der Waals surface area contributed by atoms with Gasteiger partial charge in [0.05, 0.1) is 7.11 Å². The van der Waals surface area contributed by atoms with Crippen molar-refractivity contribution in [1.82, 2.24) is 0 Å². The van der Waals surface area contributed by atoms with Gasteiger partial charge >= 0.3 is 0 Å². The molecule has 178 valence electrons. The van der Waals surface area contributed by atoms with Gasteiger partial charge in [0.2, 0.25) is 5.75 Å². The minimum atomic E-state index is -0.615. The highest BCUT2D eigenvalue weighted by Gasteiger charge is 2.08. The van der Waals surface area contributed by atoms with E-state index in [1.807, 2.05) is 0 Å². The lowest BCUT2D eigenvalue weighted by Crippen LogP contribution is -1.87. The van der Waals surface area contributed by atoms with Crippen LogP contribution in [0, 0.1) is 0 Å². The Balaban J connectivity index is 0.000000255. The van der Waals surface area contributed by atoms with E-state index in [-0.39, 0.29) is 34.1 Å². The van der Waals surface area contributed by atoms with Crippen molar-refractivity contribution in [1.29, 1.82) is 0 Å². The van der Waals surface area contributed by atoms with Crippen molar-refractivity contribution in [3.63, 3.8) is 0 Å². The summed E-state index contributed by atoms with van der Waals surface area (Å²) in [6, 6.07) is 11.2. The molecule has 0 aromatic heterocycles. The number of carbonyl (C=O) groups is 3. The Labute approximate surface area is 193 Å². The van der Waals surface area contributed by atoms with Crippen LogP contribution in [0.15, 0.2) is 54.6 Å². The van der Waals surface area contributed by atoms with Gasteiger partial charge in [-0.15, -0.1) is 0 Å². The first kappa shape index (κ1) is 27.0. The zero-order valence-corrected chi connectivity index (χ0v) is 17.8. The molecule has 0 fully saturated rings. The molecule has 10 heteroatoms. The predicted octanol–water partition coefficient (Wildman–Crippen LogP) is 3.14. The molecule has 0 heterocycles. The molecule has 0 aliphatic rings. The SMILES string of the molecule is COc1cc(C=O)cc(O)c1O.O=C/C=C/c1ccc(O)cc1.O=Cc1cc(O)c(O)c(O)c1. The Hall–Kier alpha value is -4.99. The number of phenols is 6. The third kappa shape index (κ3) is 8.27. The molecule has 0 aliphatic carbocycles. The van der Waals surface area contributed by atoms with Crippen LogP contribution < -0.4 is 4.74 Å². The van der Waals surface area contributed by atoms with Crippen molar-refractivity contribution in [3.8, 4) is 40.2 Å². The summed E-state index contributed by atoms with van der Waals surface area (Å²) in [5, 5.41) is 53.6. The maximum atomic E-state index is 10.3. The van der Waals surface area contributed by atoms with Gasteiger partial charge in [0.25, 0.3) is 0 Å². The summed E-state index contributed by atoms with van der Waals surface area (Å²) in [7, 11) is 1.34. The van der Waals surface area contributed by atoms with E-state index in [1.165, 1.54) is 19.3 Å². The Morgan fingerprint density at radius 2 is 1.12 bits per heavy atom. The van der Waals surface area contributed by atoms with Gasteiger partial charge < -0.3 is 35.4 Å². The van der Waals surface area contributed by atoms with Crippen molar-refractivity contribution in [2.24, 2.45) is 0 Å². The minimum absolute atomic E-state index is 0.0806. The summed E-state index contributed by atoms with van der Waals surface area (Å²) in [6.45, 7) is 0. The average Bonchev–Trinajstić information content (AvgIpc) is 2.84. The fourth-order valence-corrected chi connectivity index (χ4v) is 2.27. The number of aldehydes is 3. The minimum Gasteiger partial charge on any atom is -0.508 e.